The predicted octanol–water partition coefficient (Wildman–Crippen LogP) is 4.26. The number of hydrogen-bond donors (Lipinski definition) is 2. The Morgan fingerprint density at radius 2 is 2.05 bits per heavy atom. The van der Waals surface area contributed by atoms with E-state index in [1.54, 1.807) is 11.8 Å². The number of H-pyrrole nitrogens is 1. The van der Waals surface area contributed by atoms with Crippen molar-refractivity contribution in [3.63, 3.8) is 0 Å². The number of nitrogens with one attached hydrogen (secondary N) is 1. The number of imidazole rings is 1. The minimum Gasteiger partial charge on any atom is -0.333 e. The third-order valence-corrected chi connectivity index (χ3v) is 4.52. The quantitative estimate of drug-likeness (QED) is 0.756. The molecule has 0 amide bonds. The van der Waals surface area contributed by atoms with Crippen LogP contribution in [0.3, 0.4) is 0 Å². The van der Waals surface area contributed by atoms with E-state index in [1.165, 1.54) is 0 Å². The van der Waals surface area contributed by atoms with E-state index in [0.717, 1.165) is 38.1 Å². The maximum Gasteiger partial charge on any atom is 0.171 e. The molecule has 1 aromatic heterocycles. The lowest BCUT2D eigenvalue weighted by atomic mass is 10.1. The second kappa shape index (κ2) is 6.10. The second-order valence-corrected chi connectivity index (χ2v) is 6.50. The minimum absolute atomic E-state index is 0.0694. The molecule has 1 heterocycles. The number of nitrogens with zero attached hydrogens (tertiary/aromatic N) is 1. The first-order valence-corrected chi connectivity index (χ1v) is 7.98. The lowest BCUT2D eigenvalue weighted by molar-refractivity contribution is 0.729. The summed E-state index contributed by atoms with van der Waals surface area (Å²) in [5.41, 5.74) is 9.01. The van der Waals surface area contributed by atoms with Crippen molar-refractivity contribution in [1.82, 2.24) is 9.97 Å². The maximum absolute atomic E-state index is 6.32. The smallest absolute Gasteiger partial charge is 0.171 e. The molecule has 3 N–H and O–H groups in total. The molecule has 1 unspecified atom stereocenters. The first kappa shape index (κ1) is 14.4. The zero-order valence-corrected chi connectivity index (χ0v) is 13.2. The number of rotatable bonds is 4. The molecule has 0 saturated heterocycles. The molecule has 0 saturated carbocycles. The van der Waals surface area contributed by atoms with Crippen molar-refractivity contribution in [2.45, 2.75) is 29.4 Å². The molecule has 3 rings (SSSR count). The summed E-state index contributed by atoms with van der Waals surface area (Å²) in [7, 11) is 0. The molecule has 3 aromatic rings. The van der Waals surface area contributed by atoms with Crippen molar-refractivity contribution < 1.29 is 0 Å². The van der Waals surface area contributed by atoms with Crippen LogP contribution in [0.15, 0.2) is 52.5 Å². The molecule has 0 aliphatic rings. The van der Waals surface area contributed by atoms with Gasteiger partial charge in [0.15, 0.2) is 5.16 Å². The molecule has 0 fully saturated rings. The van der Waals surface area contributed by atoms with Gasteiger partial charge in [-0.15, -0.1) is 0 Å². The van der Waals surface area contributed by atoms with Gasteiger partial charge in [0.1, 0.15) is 0 Å². The van der Waals surface area contributed by atoms with Crippen LogP contribution in [0.25, 0.3) is 11.0 Å². The zero-order chi connectivity index (χ0) is 14.8. The molecule has 0 aliphatic carbocycles. The van der Waals surface area contributed by atoms with E-state index in [1.807, 2.05) is 43.3 Å². The molecule has 1 atom stereocenters. The van der Waals surface area contributed by atoms with Gasteiger partial charge >= 0.3 is 0 Å². The highest BCUT2D eigenvalue weighted by Crippen LogP contribution is 2.33. The summed E-state index contributed by atoms with van der Waals surface area (Å²) in [5, 5.41) is 1.62. The van der Waals surface area contributed by atoms with Gasteiger partial charge in [0.25, 0.3) is 0 Å². The van der Waals surface area contributed by atoms with E-state index in [9.17, 15) is 0 Å². The Labute approximate surface area is 132 Å². The fourth-order valence-corrected chi connectivity index (χ4v) is 3.52. The highest BCUT2D eigenvalue weighted by molar-refractivity contribution is 7.99. The lowest BCUT2D eigenvalue weighted by Crippen LogP contribution is -2.18. The van der Waals surface area contributed by atoms with Crippen molar-refractivity contribution in [1.29, 1.82) is 0 Å². The summed E-state index contributed by atoms with van der Waals surface area (Å²) in [6.07, 6.45) is 0.752. The Bertz CT molecular complexity index is 734. The van der Waals surface area contributed by atoms with E-state index < -0.39 is 0 Å². The van der Waals surface area contributed by atoms with Crippen LogP contribution in [0, 0.1) is 0 Å². The van der Waals surface area contributed by atoms with Crippen molar-refractivity contribution in [2.24, 2.45) is 5.73 Å². The highest BCUT2D eigenvalue weighted by atomic mass is 35.5. The third-order valence-electron chi connectivity index (χ3n) is 3.18. The van der Waals surface area contributed by atoms with Crippen LogP contribution in [0.1, 0.15) is 12.5 Å². The van der Waals surface area contributed by atoms with Crippen molar-refractivity contribution >= 4 is 34.4 Å². The summed E-state index contributed by atoms with van der Waals surface area (Å²) in [6.45, 7) is 1.99. The average molecular weight is 318 g/mol. The van der Waals surface area contributed by atoms with Crippen molar-refractivity contribution in [2.75, 3.05) is 0 Å². The van der Waals surface area contributed by atoms with Gasteiger partial charge in [-0.1, -0.05) is 41.6 Å². The number of halogens is 1. The maximum atomic E-state index is 6.32. The SMILES string of the molecule is CC(N)Cc1c(Cl)cccc1Sc1nc2ccccc2[nH]1. The van der Waals surface area contributed by atoms with Crippen LogP contribution in [0.2, 0.25) is 5.02 Å². The van der Waals surface area contributed by atoms with Crippen LogP contribution in [0.4, 0.5) is 0 Å². The third kappa shape index (κ3) is 3.23. The molecule has 108 valence electrons. The van der Waals surface area contributed by atoms with Crippen LogP contribution < -0.4 is 5.73 Å². The Morgan fingerprint density at radius 3 is 2.81 bits per heavy atom. The van der Waals surface area contributed by atoms with Crippen LogP contribution in [0.5, 0.6) is 0 Å². The molecule has 0 aliphatic heterocycles. The molecule has 3 nitrogen and oxygen atoms in total. The number of hydrogen-bond acceptors (Lipinski definition) is 3. The predicted molar refractivity (Wildman–Crippen MR) is 89.0 cm³/mol. The molecule has 0 radical (unpaired) electrons. The number of fused-ring (bicyclic) bond motifs is 1. The largest absolute Gasteiger partial charge is 0.333 e. The number of nitrogens with two attached hydrogens (primary N) is 1. The van der Waals surface area contributed by atoms with Gasteiger partial charge in [0.2, 0.25) is 0 Å². The van der Waals surface area contributed by atoms with Crippen molar-refractivity contribution in [3.8, 4) is 0 Å². The van der Waals surface area contributed by atoms with E-state index >= 15 is 0 Å². The molecule has 5 heteroatoms. The van der Waals surface area contributed by atoms with E-state index in [2.05, 4.69) is 16.0 Å². The fourth-order valence-electron chi connectivity index (χ4n) is 2.24. The van der Waals surface area contributed by atoms with E-state index in [-0.39, 0.29) is 6.04 Å². The highest BCUT2D eigenvalue weighted by Gasteiger charge is 2.12. The van der Waals surface area contributed by atoms with Gasteiger partial charge in [-0.2, -0.15) is 0 Å². The summed E-state index contributed by atoms with van der Waals surface area (Å²) in [5.74, 6) is 0. The van der Waals surface area contributed by atoms with E-state index in [4.69, 9.17) is 17.3 Å². The first-order chi connectivity index (χ1) is 10.1. The Balaban J connectivity index is 1.95. The summed E-state index contributed by atoms with van der Waals surface area (Å²) in [6, 6.07) is 14.0. The molecule has 21 heavy (non-hydrogen) atoms. The lowest BCUT2D eigenvalue weighted by Gasteiger charge is -2.12. The zero-order valence-electron chi connectivity index (χ0n) is 11.6. The average Bonchev–Trinajstić information content (AvgIpc) is 2.84. The van der Waals surface area contributed by atoms with Gasteiger partial charge in [-0.05, 0) is 43.2 Å². The van der Waals surface area contributed by atoms with Crippen LogP contribution >= 0.6 is 23.4 Å². The van der Waals surface area contributed by atoms with Gasteiger partial charge in [-0.25, -0.2) is 4.98 Å². The molecule has 0 bridgehead atoms. The fraction of sp³-hybridized carbons (Fsp3) is 0.188. The number of aromatic nitrogens is 2. The summed E-state index contributed by atoms with van der Waals surface area (Å²) < 4.78 is 0. The van der Waals surface area contributed by atoms with Gasteiger partial charge < -0.3 is 10.7 Å². The first-order valence-electron chi connectivity index (χ1n) is 6.79. The minimum atomic E-state index is 0.0694. The Kier molecular flexibility index (Phi) is 4.19. The van der Waals surface area contributed by atoms with Crippen LogP contribution in [-0.2, 0) is 6.42 Å². The Morgan fingerprint density at radius 1 is 1.24 bits per heavy atom. The second-order valence-electron chi connectivity index (χ2n) is 5.06. The van der Waals surface area contributed by atoms with E-state index in [0.29, 0.717) is 0 Å². The molecular weight excluding hydrogens is 302 g/mol. The number of benzene rings is 2. The monoisotopic (exact) mass is 317 g/mol. The molecule has 2 aromatic carbocycles. The normalized spacial score (nSPS) is 12.7. The summed E-state index contributed by atoms with van der Waals surface area (Å²) >= 11 is 7.91. The van der Waals surface area contributed by atoms with Crippen LogP contribution in [-0.4, -0.2) is 16.0 Å². The Hall–Kier alpha value is -1.49. The molecular formula is C16H16ClN3S. The number of para-hydroxylation sites is 2. The van der Waals surface area contributed by atoms with Gasteiger partial charge in [0, 0.05) is 16.0 Å². The topological polar surface area (TPSA) is 54.7 Å². The standard InChI is InChI=1S/C16H16ClN3S/c1-10(18)9-11-12(17)5-4-8-15(11)21-16-19-13-6-2-3-7-14(13)20-16/h2-8,10H,9,18H2,1H3,(H,19,20). The summed E-state index contributed by atoms with van der Waals surface area (Å²) in [4.78, 5) is 9.01. The van der Waals surface area contributed by atoms with Gasteiger partial charge in [0.05, 0.1) is 11.0 Å². The molecule has 0 spiro atoms. The van der Waals surface area contributed by atoms with Gasteiger partial charge in [-0.3, -0.25) is 0 Å². The van der Waals surface area contributed by atoms with Crippen molar-refractivity contribution in [3.05, 3.63) is 53.1 Å². The number of aromatic amines is 1.